The molecule has 120 valence electrons. The van der Waals surface area contributed by atoms with Crippen molar-refractivity contribution in [2.75, 3.05) is 26.9 Å². The van der Waals surface area contributed by atoms with E-state index >= 15 is 0 Å². The van der Waals surface area contributed by atoms with Gasteiger partial charge < -0.3 is 24.3 Å². The number of nitrogens with one attached hydrogen (secondary N) is 1. The van der Waals surface area contributed by atoms with Crippen molar-refractivity contribution in [1.29, 1.82) is 0 Å². The molecule has 22 heavy (non-hydrogen) atoms. The lowest BCUT2D eigenvalue weighted by molar-refractivity contribution is -0.126. The summed E-state index contributed by atoms with van der Waals surface area (Å²) in [5, 5.41) is 2.88. The Morgan fingerprint density at radius 1 is 1.23 bits per heavy atom. The van der Waals surface area contributed by atoms with Gasteiger partial charge in [0.25, 0.3) is 0 Å². The molecule has 1 amide bonds. The second kappa shape index (κ2) is 7.19. The molecule has 6 heteroatoms. The number of carbonyl (C=O) groups excluding carboxylic acids is 1. The van der Waals surface area contributed by atoms with Crippen LogP contribution in [0.2, 0.25) is 0 Å². The van der Waals surface area contributed by atoms with Gasteiger partial charge in [-0.05, 0) is 5.56 Å². The van der Waals surface area contributed by atoms with Crippen molar-refractivity contribution in [3.8, 4) is 0 Å². The van der Waals surface area contributed by atoms with E-state index in [0.717, 1.165) is 5.56 Å². The van der Waals surface area contributed by atoms with Crippen molar-refractivity contribution in [3.63, 3.8) is 0 Å². The van der Waals surface area contributed by atoms with Crippen LogP contribution in [0.15, 0.2) is 30.3 Å². The summed E-state index contributed by atoms with van der Waals surface area (Å²) in [4.78, 5) is 11.6. The number of hydrogen-bond acceptors (Lipinski definition) is 5. The van der Waals surface area contributed by atoms with Gasteiger partial charge in [-0.3, -0.25) is 4.79 Å². The van der Waals surface area contributed by atoms with Gasteiger partial charge in [-0.2, -0.15) is 0 Å². The zero-order valence-electron chi connectivity index (χ0n) is 12.6. The van der Waals surface area contributed by atoms with E-state index in [-0.39, 0.29) is 36.9 Å². The number of hydrogen-bond donors (Lipinski definition) is 1. The minimum atomic E-state index is -0.158. The second-order valence-electron chi connectivity index (χ2n) is 5.54. The molecule has 2 aliphatic rings. The zero-order valence-corrected chi connectivity index (χ0v) is 12.6. The van der Waals surface area contributed by atoms with Gasteiger partial charge >= 0.3 is 0 Å². The number of rotatable bonds is 6. The predicted octanol–water partition coefficient (Wildman–Crippen LogP) is 0.501. The Balaban J connectivity index is 1.50. The molecule has 1 N–H and O–H groups in total. The molecule has 1 aromatic carbocycles. The predicted molar refractivity (Wildman–Crippen MR) is 78.3 cm³/mol. The SMILES string of the molecule is COCC(=O)N[C@H]1CO[C@H]2[C@@H]1OC[C@H]2OCc1ccccc1. The minimum absolute atomic E-state index is 0.0435. The smallest absolute Gasteiger partial charge is 0.246 e. The van der Waals surface area contributed by atoms with E-state index in [1.165, 1.54) is 7.11 Å². The molecule has 2 aliphatic heterocycles. The molecule has 0 spiro atoms. The third-order valence-electron chi connectivity index (χ3n) is 3.94. The first kappa shape index (κ1) is 15.4. The van der Waals surface area contributed by atoms with Crippen LogP contribution < -0.4 is 5.32 Å². The summed E-state index contributed by atoms with van der Waals surface area (Å²) in [6.45, 7) is 1.50. The van der Waals surface area contributed by atoms with Crippen LogP contribution in [0.3, 0.4) is 0 Å². The number of amides is 1. The lowest BCUT2D eigenvalue weighted by Crippen LogP contribution is -2.45. The van der Waals surface area contributed by atoms with Crippen LogP contribution in [0, 0.1) is 0 Å². The molecule has 0 aromatic heterocycles. The number of methoxy groups -OCH3 is 1. The monoisotopic (exact) mass is 307 g/mol. The summed E-state index contributed by atoms with van der Waals surface area (Å²) in [5.74, 6) is -0.158. The van der Waals surface area contributed by atoms with E-state index in [2.05, 4.69) is 5.32 Å². The molecule has 0 bridgehead atoms. The average Bonchev–Trinajstić information content (AvgIpc) is 3.10. The van der Waals surface area contributed by atoms with Gasteiger partial charge in [-0.1, -0.05) is 30.3 Å². The third-order valence-corrected chi connectivity index (χ3v) is 3.94. The fourth-order valence-electron chi connectivity index (χ4n) is 2.89. The van der Waals surface area contributed by atoms with E-state index in [9.17, 15) is 4.79 Å². The molecule has 2 heterocycles. The number of carbonyl (C=O) groups is 1. The van der Waals surface area contributed by atoms with Gasteiger partial charge in [0.1, 0.15) is 24.9 Å². The van der Waals surface area contributed by atoms with Crippen molar-refractivity contribution in [1.82, 2.24) is 5.32 Å². The highest BCUT2D eigenvalue weighted by atomic mass is 16.6. The number of benzene rings is 1. The van der Waals surface area contributed by atoms with Crippen molar-refractivity contribution < 1.29 is 23.7 Å². The molecule has 0 unspecified atom stereocenters. The van der Waals surface area contributed by atoms with E-state index in [1.807, 2.05) is 30.3 Å². The summed E-state index contributed by atoms with van der Waals surface area (Å²) < 4.78 is 22.3. The average molecular weight is 307 g/mol. The molecule has 4 atom stereocenters. The van der Waals surface area contributed by atoms with Crippen LogP contribution in [0.5, 0.6) is 0 Å². The molecule has 0 radical (unpaired) electrons. The van der Waals surface area contributed by atoms with Crippen molar-refractivity contribution in [2.45, 2.75) is 31.0 Å². The van der Waals surface area contributed by atoms with Gasteiger partial charge in [0.05, 0.1) is 25.9 Å². The van der Waals surface area contributed by atoms with Gasteiger partial charge in [0.2, 0.25) is 5.91 Å². The minimum Gasteiger partial charge on any atom is -0.375 e. The maximum atomic E-state index is 11.6. The largest absolute Gasteiger partial charge is 0.375 e. The van der Waals surface area contributed by atoms with Gasteiger partial charge in [-0.15, -0.1) is 0 Å². The van der Waals surface area contributed by atoms with Crippen LogP contribution in [-0.4, -0.2) is 57.2 Å². The van der Waals surface area contributed by atoms with Crippen molar-refractivity contribution in [2.24, 2.45) is 0 Å². The summed E-state index contributed by atoms with van der Waals surface area (Å²) in [7, 11) is 1.49. The van der Waals surface area contributed by atoms with E-state index in [1.54, 1.807) is 0 Å². The Hall–Kier alpha value is -1.47. The molecule has 0 aliphatic carbocycles. The van der Waals surface area contributed by atoms with Crippen LogP contribution in [0.4, 0.5) is 0 Å². The van der Waals surface area contributed by atoms with Gasteiger partial charge in [-0.25, -0.2) is 0 Å². The highest BCUT2D eigenvalue weighted by Gasteiger charge is 2.48. The maximum Gasteiger partial charge on any atom is 0.246 e. The molecular weight excluding hydrogens is 286 g/mol. The highest BCUT2D eigenvalue weighted by molar-refractivity contribution is 5.77. The Kier molecular flexibility index (Phi) is 5.04. The fourth-order valence-corrected chi connectivity index (χ4v) is 2.89. The summed E-state index contributed by atoms with van der Waals surface area (Å²) in [5.41, 5.74) is 1.12. The molecular formula is C16H21NO5. The quantitative estimate of drug-likeness (QED) is 0.829. The fraction of sp³-hybridized carbons (Fsp3) is 0.562. The van der Waals surface area contributed by atoms with Gasteiger partial charge in [0.15, 0.2) is 0 Å². The summed E-state index contributed by atoms with van der Waals surface area (Å²) in [6, 6.07) is 9.86. The van der Waals surface area contributed by atoms with Crippen molar-refractivity contribution in [3.05, 3.63) is 35.9 Å². The number of ether oxygens (including phenoxy) is 4. The first-order valence-corrected chi connectivity index (χ1v) is 7.45. The van der Waals surface area contributed by atoms with Gasteiger partial charge in [0, 0.05) is 7.11 Å². The number of fused-ring (bicyclic) bond motifs is 1. The topological polar surface area (TPSA) is 66.0 Å². The third kappa shape index (κ3) is 3.47. The maximum absolute atomic E-state index is 11.6. The Bertz CT molecular complexity index is 495. The molecule has 3 rings (SSSR count). The van der Waals surface area contributed by atoms with Crippen LogP contribution in [0.1, 0.15) is 5.56 Å². The standard InChI is InChI=1S/C16H21NO5/c1-19-10-14(18)17-12-8-21-16-13(9-22-15(12)16)20-7-11-5-3-2-4-6-11/h2-6,12-13,15-16H,7-10H2,1H3,(H,17,18)/t12-,13+,15+,16+/m0/s1. The zero-order chi connectivity index (χ0) is 15.4. The summed E-state index contributed by atoms with van der Waals surface area (Å²) in [6.07, 6.45) is -0.382. The van der Waals surface area contributed by atoms with E-state index < -0.39 is 0 Å². The van der Waals surface area contributed by atoms with Crippen LogP contribution >= 0.6 is 0 Å². The van der Waals surface area contributed by atoms with Crippen LogP contribution in [-0.2, 0) is 30.3 Å². The summed E-state index contributed by atoms with van der Waals surface area (Å²) >= 11 is 0. The molecule has 1 aromatic rings. The molecule has 6 nitrogen and oxygen atoms in total. The molecule has 2 fully saturated rings. The van der Waals surface area contributed by atoms with Crippen LogP contribution in [0.25, 0.3) is 0 Å². The normalized spacial score (nSPS) is 30.2. The second-order valence-corrected chi connectivity index (χ2v) is 5.54. The Labute approximate surface area is 129 Å². The van der Waals surface area contributed by atoms with Crippen molar-refractivity contribution >= 4 is 5.91 Å². The Morgan fingerprint density at radius 2 is 2.00 bits per heavy atom. The molecule has 0 saturated carbocycles. The lowest BCUT2D eigenvalue weighted by Gasteiger charge is -2.18. The van der Waals surface area contributed by atoms with E-state index in [0.29, 0.717) is 19.8 Å². The highest BCUT2D eigenvalue weighted by Crippen LogP contribution is 2.29. The molecule has 2 saturated heterocycles. The van der Waals surface area contributed by atoms with E-state index in [4.69, 9.17) is 18.9 Å². The lowest BCUT2D eigenvalue weighted by atomic mass is 10.1. The Morgan fingerprint density at radius 3 is 2.77 bits per heavy atom. The first-order valence-electron chi connectivity index (χ1n) is 7.45. The first-order chi connectivity index (χ1) is 10.8.